The van der Waals surface area contributed by atoms with Gasteiger partial charge in [-0.1, -0.05) is 37.1 Å². The zero-order valence-corrected chi connectivity index (χ0v) is 12.3. The van der Waals surface area contributed by atoms with E-state index in [0.29, 0.717) is 13.2 Å². The predicted molar refractivity (Wildman–Crippen MR) is 79.3 cm³/mol. The van der Waals surface area contributed by atoms with Crippen molar-refractivity contribution in [3.05, 3.63) is 34.9 Å². The number of thioether (sulfide) groups is 1. The first-order valence-electron chi connectivity index (χ1n) is 6.30. The summed E-state index contributed by atoms with van der Waals surface area (Å²) < 4.78 is 5.47. The van der Waals surface area contributed by atoms with Crippen LogP contribution in [-0.2, 0) is 11.3 Å². The van der Waals surface area contributed by atoms with Crippen molar-refractivity contribution in [2.24, 2.45) is 0 Å². The molecule has 0 aliphatic carbocycles. The zero-order chi connectivity index (χ0) is 13.2. The van der Waals surface area contributed by atoms with Crippen molar-refractivity contribution in [1.29, 1.82) is 0 Å². The highest BCUT2D eigenvalue weighted by molar-refractivity contribution is 7.99. The first-order chi connectivity index (χ1) is 8.72. The second-order valence-electron chi connectivity index (χ2n) is 4.22. The Balaban J connectivity index is 2.07. The molecule has 1 rings (SSSR count). The van der Waals surface area contributed by atoms with Gasteiger partial charge in [-0.3, -0.25) is 0 Å². The van der Waals surface area contributed by atoms with Crippen LogP contribution >= 0.6 is 23.4 Å². The number of hydrogen-bond donors (Lipinski definition) is 1. The third-order valence-electron chi connectivity index (χ3n) is 2.44. The summed E-state index contributed by atoms with van der Waals surface area (Å²) in [6.07, 6.45) is 2.04. The SMILES string of the molecule is CCCCSC[C@@H](O)COCc1ccc(Cl)cc1. The van der Waals surface area contributed by atoms with Gasteiger partial charge in [0.15, 0.2) is 0 Å². The summed E-state index contributed by atoms with van der Waals surface area (Å²) in [4.78, 5) is 0. The fourth-order valence-corrected chi connectivity index (χ4v) is 2.56. The van der Waals surface area contributed by atoms with Crippen LogP contribution in [0.5, 0.6) is 0 Å². The van der Waals surface area contributed by atoms with Gasteiger partial charge in [0, 0.05) is 10.8 Å². The molecule has 1 aromatic carbocycles. The maximum Gasteiger partial charge on any atom is 0.0863 e. The minimum atomic E-state index is -0.376. The standard InChI is InChI=1S/C14H21ClO2S/c1-2-3-8-18-11-14(16)10-17-9-12-4-6-13(15)7-5-12/h4-7,14,16H,2-3,8-11H2,1H3/t14-/m0/s1. The van der Waals surface area contributed by atoms with Crippen molar-refractivity contribution in [3.63, 3.8) is 0 Å². The largest absolute Gasteiger partial charge is 0.390 e. The highest BCUT2D eigenvalue weighted by Gasteiger charge is 2.04. The summed E-state index contributed by atoms with van der Waals surface area (Å²) in [6, 6.07) is 7.56. The molecule has 0 aliphatic rings. The Kier molecular flexibility index (Phi) is 8.51. The molecule has 0 aliphatic heterocycles. The molecule has 102 valence electrons. The van der Waals surface area contributed by atoms with E-state index in [-0.39, 0.29) is 6.10 Å². The first kappa shape index (κ1) is 15.8. The number of aliphatic hydroxyl groups is 1. The van der Waals surface area contributed by atoms with E-state index in [0.717, 1.165) is 22.1 Å². The molecule has 0 unspecified atom stereocenters. The third-order valence-corrected chi connectivity index (χ3v) is 3.89. The number of benzene rings is 1. The van der Waals surface area contributed by atoms with E-state index in [9.17, 15) is 5.11 Å². The summed E-state index contributed by atoms with van der Waals surface area (Å²) in [5.74, 6) is 1.87. The molecule has 4 heteroatoms. The molecule has 0 bridgehead atoms. The van der Waals surface area contributed by atoms with E-state index in [1.54, 1.807) is 11.8 Å². The fraction of sp³-hybridized carbons (Fsp3) is 0.571. The molecule has 0 radical (unpaired) electrons. The van der Waals surface area contributed by atoms with E-state index < -0.39 is 0 Å². The van der Waals surface area contributed by atoms with Gasteiger partial charge in [-0.25, -0.2) is 0 Å². The van der Waals surface area contributed by atoms with Crippen LogP contribution in [0.4, 0.5) is 0 Å². The molecule has 0 spiro atoms. The van der Waals surface area contributed by atoms with E-state index in [2.05, 4.69) is 6.92 Å². The first-order valence-corrected chi connectivity index (χ1v) is 7.83. The molecular formula is C14H21ClO2S. The minimum Gasteiger partial charge on any atom is -0.390 e. The molecule has 1 atom stereocenters. The molecule has 0 aromatic heterocycles. The van der Waals surface area contributed by atoms with Crippen molar-refractivity contribution >= 4 is 23.4 Å². The molecule has 0 fully saturated rings. The number of halogens is 1. The van der Waals surface area contributed by atoms with Crippen LogP contribution in [0.25, 0.3) is 0 Å². The van der Waals surface area contributed by atoms with Gasteiger partial charge < -0.3 is 9.84 Å². The lowest BCUT2D eigenvalue weighted by atomic mass is 10.2. The average molecular weight is 289 g/mol. The van der Waals surface area contributed by atoms with Gasteiger partial charge in [-0.15, -0.1) is 0 Å². The predicted octanol–water partition coefficient (Wildman–Crippen LogP) is 3.75. The van der Waals surface area contributed by atoms with Crippen LogP contribution in [-0.4, -0.2) is 29.3 Å². The molecule has 0 saturated heterocycles. The van der Waals surface area contributed by atoms with E-state index in [4.69, 9.17) is 16.3 Å². The molecule has 2 nitrogen and oxygen atoms in total. The monoisotopic (exact) mass is 288 g/mol. The van der Waals surface area contributed by atoms with Gasteiger partial charge in [0.25, 0.3) is 0 Å². The Morgan fingerprint density at radius 1 is 1.33 bits per heavy atom. The summed E-state index contributed by atoms with van der Waals surface area (Å²) in [5, 5.41) is 10.4. The molecule has 0 saturated carbocycles. The van der Waals surface area contributed by atoms with Crippen molar-refractivity contribution in [3.8, 4) is 0 Å². The Morgan fingerprint density at radius 3 is 2.72 bits per heavy atom. The van der Waals surface area contributed by atoms with E-state index >= 15 is 0 Å². The molecule has 1 N–H and O–H groups in total. The fourth-order valence-electron chi connectivity index (χ4n) is 1.41. The van der Waals surface area contributed by atoms with Crippen LogP contribution < -0.4 is 0 Å². The number of aliphatic hydroxyl groups excluding tert-OH is 1. The van der Waals surface area contributed by atoms with Crippen LogP contribution in [0.15, 0.2) is 24.3 Å². The number of rotatable bonds is 9. The van der Waals surface area contributed by atoms with Crippen LogP contribution in [0, 0.1) is 0 Å². The van der Waals surface area contributed by atoms with Gasteiger partial charge in [-0.2, -0.15) is 11.8 Å². The van der Waals surface area contributed by atoms with Crippen molar-refractivity contribution < 1.29 is 9.84 Å². The van der Waals surface area contributed by atoms with Gasteiger partial charge in [0.2, 0.25) is 0 Å². The summed E-state index contributed by atoms with van der Waals surface area (Å²) in [7, 11) is 0. The van der Waals surface area contributed by atoms with E-state index in [1.165, 1.54) is 12.8 Å². The second kappa shape index (κ2) is 9.68. The Labute approximate surface area is 119 Å². The average Bonchev–Trinajstić information content (AvgIpc) is 2.37. The lowest BCUT2D eigenvalue weighted by molar-refractivity contribution is 0.0398. The summed E-state index contributed by atoms with van der Waals surface area (Å²) in [5.41, 5.74) is 1.07. The quantitative estimate of drug-likeness (QED) is 0.702. The smallest absolute Gasteiger partial charge is 0.0863 e. The van der Waals surface area contributed by atoms with Gasteiger partial charge in [0.1, 0.15) is 0 Å². The number of unbranched alkanes of at least 4 members (excludes halogenated alkanes) is 1. The van der Waals surface area contributed by atoms with Crippen LogP contribution in [0.3, 0.4) is 0 Å². The zero-order valence-electron chi connectivity index (χ0n) is 10.8. The normalized spacial score (nSPS) is 12.6. The molecule has 18 heavy (non-hydrogen) atoms. The van der Waals surface area contributed by atoms with Gasteiger partial charge in [-0.05, 0) is 29.9 Å². The van der Waals surface area contributed by atoms with Gasteiger partial charge in [0.05, 0.1) is 19.3 Å². The Bertz CT molecular complexity index is 316. The highest BCUT2D eigenvalue weighted by Crippen LogP contribution is 2.11. The second-order valence-corrected chi connectivity index (χ2v) is 5.81. The minimum absolute atomic E-state index is 0.376. The molecule has 0 amide bonds. The topological polar surface area (TPSA) is 29.5 Å². The van der Waals surface area contributed by atoms with Crippen molar-refractivity contribution in [1.82, 2.24) is 0 Å². The van der Waals surface area contributed by atoms with Crippen molar-refractivity contribution in [2.45, 2.75) is 32.5 Å². The van der Waals surface area contributed by atoms with E-state index in [1.807, 2.05) is 24.3 Å². The Morgan fingerprint density at radius 2 is 2.06 bits per heavy atom. The lowest BCUT2D eigenvalue weighted by Gasteiger charge is -2.11. The maximum absolute atomic E-state index is 9.70. The van der Waals surface area contributed by atoms with Crippen LogP contribution in [0.1, 0.15) is 25.3 Å². The summed E-state index contributed by atoms with van der Waals surface area (Å²) >= 11 is 7.58. The number of hydrogen-bond acceptors (Lipinski definition) is 3. The van der Waals surface area contributed by atoms with Gasteiger partial charge >= 0.3 is 0 Å². The van der Waals surface area contributed by atoms with Crippen molar-refractivity contribution in [2.75, 3.05) is 18.1 Å². The highest BCUT2D eigenvalue weighted by atomic mass is 35.5. The Hall–Kier alpha value is -0.220. The third kappa shape index (κ3) is 7.27. The maximum atomic E-state index is 9.70. The molecule has 0 heterocycles. The van der Waals surface area contributed by atoms with Crippen LogP contribution in [0.2, 0.25) is 5.02 Å². The molecule has 1 aromatic rings. The summed E-state index contributed by atoms with van der Waals surface area (Å²) in [6.45, 7) is 3.09. The number of ether oxygens (including phenoxy) is 1. The lowest BCUT2D eigenvalue weighted by Crippen LogP contribution is -2.18. The molecular weight excluding hydrogens is 268 g/mol.